The normalized spacial score (nSPS) is 17.6. The van der Waals surface area contributed by atoms with Crippen LogP contribution in [-0.4, -0.2) is 89.6 Å². The van der Waals surface area contributed by atoms with Gasteiger partial charge in [0.05, 0.1) is 5.92 Å². The van der Waals surface area contributed by atoms with Crippen LogP contribution < -0.4 is 9.64 Å². The van der Waals surface area contributed by atoms with Gasteiger partial charge in [0, 0.05) is 64.1 Å². The third-order valence-corrected chi connectivity index (χ3v) is 8.77. The Hall–Kier alpha value is -3.75. The molecule has 0 aromatic heterocycles. The van der Waals surface area contributed by atoms with Crippen LogP contribution in [0.25, 0.3) is 0 Å². The SMILES string of the molecule is CCN(Cc1ccc(C(C)C)cc1)C(=O)[C@H]1CCCN(c2cccc(OC(C)(C)C(=O)N3CCN(C(=O)OC(C)(C)C)CC3)c2)C1. The van der Waals surface area contributed by atoms with Crippen molar-refractivity contribution in [3.05, 3.63) is 59.7 Å². The monoisotopic (exact) mass is 634 g/mol. The number of ether oxygens (including phenoxy) is 2. The second-order valence-corrected chi connectivity index (χ2v) is 14.4. The van der Waals surface area contributed by atoms with Crippen LogP contribution in [0.3, 0.4) is 0 Å². The van der Waals surface area contributed by atoms with Crippen molar-refractivity contribution in [3.63, 3.8) is 0 Å². The lowest BCUT2D eigenvalue weighted by Gasteiger charge is -2.39. The molecular formula is C37H54N4O5. The third-order valence-electron chi connectivity index (χ3n) is 8.77. The lowest BCUT2D eigenvalue weighted by Crippen LogP contribution is -2.57. The molecule has 0 radical (unpaired) electrons. The van der Waals surface area contributed by atoms with E-state index in [2.05, 4.69) is 43.0 Å². The molecule has 2 aromatic carbocycles. The quantitative estimate of drug-likeness (QED) is 0.322. The molecule has 2 aliphatic heterocycles. The van der Waals surface area contributed by atoms with E-state index in [0.29, 0.717) is 57.5 Å². The summed E-state index contributed by atoms with van der Waals surface area (Å²) in [4.78, 5) is 47.3. The molecule has 46 heavy (non-hydrogen) atoms. The average Bonchev–Trinajstić information content (AvgIpc) is 3.02. The first-order chi connectivity index (χ1) is 21.7. The van der Waals surface area contributed by atoms with Crippen LogP contribution in [0.4, 0.5) is 10.5 Å². The van der Waals surface area contributed by atoms with Gasteiger partial charge in [-0.25, -0.2) is 4.79 Å². The first-order valence-electron chi connectivity index (χ1n) is 16.9. The second-order valence-electron chi connectivity index (χ2n) is 14.4. The Morgan fingerprint density at radius 1 is 0.913 bits per heavy atom. The predicted octanol–water partition coefficient (Wildman–Crippen LogP) is 6.31. The highest BCUT2D eigenvalue weighted by Gasteiger charge is 2.37. The standard InChI is InChI=1S/C37H54N4O5/c1-9-38(25-28-15-17-29(18-16-28)27(2)3)33(42)30-12-11-19-41(26-30)31-13-10-14-32(24-31)45-37(7,8)34(43)39-20-22-40(23-21-39)35(44)46-36(4,5)6/h10,13-18,24,27,30H,9,11-12,19-23,25-26H2,1-8H3/t30-/m0/s1. The fraction of sp³-hybridized carbons (Fsp3) is 0.595. The van der Waals surface area contributed by atoms with Gasteiger partial charge in [0.25, 0.3) is 5.91 Å². The van der Waals surface area contributed by atoms with Crippen molar-refractivity contribution in [1.29, 1.82) is 0 Å². The van der Waals surface area contributed by atoms with Gasteiger partial charge in [0.15, 0.2) is 5.60 Å². The molecule has 2 aliphatic rings. The van der Waals surface area contributed by atoms with Crippen LogP contribution in [0.5, 0.6) is 5.75 Å². The Balaban J connectivity index is 1.35. The lowest BCUT2D eigenvalue weighted by molar-refractivity contribution is -0.147. The molecule has 4 rings (SSSR count). The molecule has 2 heterocycles. The van der Waals surface area contributed by atoms with Crippen molar-refractivity contribution in [2.45, 2.75) is 91.9 Å². The topological polar surface area (TPSA) is 82.6 Å². The minimum atomic E-state index is -1.10. The van der Waals surface area contributed by atoms with Gasteiger partial charge in [0.2, 0.25) is 5.91 Å². The van der Waals surface area contributed by atoms with Crippen molar-refractivity contribution >= 4 is 23.6 Å². The molecule has 0 bridgehead atoms. The number of benzene rings is 2. The largest absolute Gasteiger partial charge is 0.478 e. The molecule has 0 aliphatic carbocycles. The Bertz CT molecular complexity index is 1340. The van der Waals surface area contributed by atoms with Crippen molar-refractivity contribution < 1.29 is 23.9 Å². The van der Waals surface area contributed by atoms with E-state index >= 15 is 0 Å². The molecule has 9 heteroatoms. The zero-order valence-corrected chi connectivity index (χ0v) is 29.2. The van der Waals surface area contributed by atoms with Gasteiger partial charge in [-0.3, -0.25) is 9.59 Å². The molecule has 3 amide bonds. The van der Waals surface area contributed by atoms with E-state index in [4.69, 9.17) is 9.47 Å². The lowest BCUT2D eigenvalue weighted by atomic mass is 9.95. The fourth-order valence-electron chi connectivity index (χ4n) is 6.13. The number of piperazine rings is 1. The molecular weight excluding hydrogens is 580 g/mol. The van der Waals surface area contributed by atoms with Crippen LogP contribution in [0.2, 0.25) is 0 Å². The summed E-state index contributed by atoms with van der Waals surface area (Å²) < 4.78 is 11.8. The molecule has 1 atom stereocenters. The Labute approximate surface area is 275 Å². The summed E-state index contributed by atoms with van der Waals surface area (Å²) >= 11 is 0. The maximum absolute atomic E-state index is 13.7. The Morgan fingerprint density at radius 3 is 2.17 bits per heavy atom. The predicted molar refractivity (Wildman–Crippen MR) is 182 cm³/mol. The molecule has 2 saturated heterocycles. The molecule has 2 fully saturated rings. The Kier molecular flexibility index (Phi) is 11.3. The van der Waals surface area contributed by atoms with Crippen LogP contribution in [-0.2, 0) is 20.9 Å². The number of anilines is 1. The number of hydrogen-bond donors (Lipinski definition) is 0. The maximum atomic E-state index is 13.7. The number of piperidine rings is 1. The number of hydrogen-bond acceptors (Lipinski definition) is 6. The maximum Gasteiger partial charge on any atom is 0.410 e. The van der Waals surface area contributed by atoms with E-state index in [1.165, 1.54) is 5.56 Å². The van der Waals surface area contributed by atoms with E-state index in [1.807, 2.05) is 56.9 Å². The van der Waals surface area contributed by atoms with E-state index in [1.54, 1.807) is 23.6 Å². The van der Waals surface area contributed by atoms with E-state index < -0.39 is 11.2 Å². The summed E-state index contributed by atoms with van der Waals surface area (Å²) in [5, 5.41) is 0. The van der Waals surface area contributed by atoms with E-state index in [0.717, 1.165) is 30.6 Å². The summed E-state index contributed by atoms with van der Waals surface area (Å²) in [6.07, 6.45) is 1.45. The van der Waals surface area contributed by atoms with Gasteiger partial charge < -0.3 is 29.1 Å². The summed E-state index contributed by atoms with van der Waals surface area (Å²) in [6, 6.07) is 16.4. The van der Waals surface area contributed by atoms with Crippen LogP contribution >= 0.6 is 0 Å². The highest BCUT2D eigenvalue weighted by molar-refractivity contribution is 5.85. The van der Waals surface area contributed by atoms with Crippen LogP contribution in [0.15, 0.2) is 48.5 Å². The molecule has 0 unspecified atom stereocenters. The minimum Gasteiger partial charge on any atom is -0.478 e. The molecule has 2 aromatic rings. The first-order valence-corrected chi connectivity index (χ1v) is 16.9. The summed E-state index contributed by atoms with van der Waals surface area (Å²) in [5.74, 6) is 1.09. The van der Waals surface area contributed by atoms with Crippen molar-refractivity contribution in [1.82, 2.24) is 14.7 Å². The summed E-state index contributed by atoms with van der Waals surface area (Å²) in [5.41, 5.74) is 1.78. The fourth-order valence-corrected chi connectivity index (χ4v) is 6.13. The first kappa shape index (κ1) is 35.1. The van der Waals surface area contributed by atoms with Gasteiger partial charge in [0.1, 0.15) is 11.4 Å². The van der Waals surface area contributed by atoms with Gasteiger partial charge in [-0.05, 0) is 83.6 Å². The van der Waals surface area contributed by atoms with Gasteiger partial charge in [-0.2, -0.15) is 0 Å². The number of carbonyl (C=O) groups excluding carboxylic acids is 3. The Morgan fingerprint density at radius 2 is 1.57 bits per heavy atom. The molecule has 0 N–H and O–H groups in total. The summed E-state index contributed by atoms with van der Waals surface area (Å²) in [6.45, 7) is 20.0. The average molecular weight is 635 g/mol. The van der Waals surface area contributed by atoms with Crippen LogP contribution in [0, 0.1) is 5.92 Å². The van der Waals surface area contributed by atoms with Crippen molar-refractivity contribution in [2.75, 3.05) is 50.7 Å². The highest BCUT2D eigenvalue weighted by Crippen LogP contribution is 2.30. The number of nitrogens with zero attached hydrogens (tertiary/aromatic N) is 4. The zero-order chi connectivity index (χ0) is 33.6. The smallest absolute Gasteiger partial charge is 0.410 e. The van der Waals surface area contributed by atoms with Gasteiger partial charge >= 0.3 is 6.09 Å². The summed E-state index contributed by atoms with van der Waals surface area (Å²) in [7, 11) is 0. The second kappa shape index (κ2) is 14.8. The zero-order valence-electron chi connectivity index (χ0n) is 29.2. The van der Waals surface area contributed by atoms with Crippen LogP contribution in [0.1, 0.15) is 85.3 Å². The van der Waals surface area contributed by atoms with Gasteiger partial charge in [-0.15, -0.1) is 0 Å². The van der Waals surface area contributed by atoms with Gasteiger partial charge in [-0.1, -0.05) is 44.2 Å². The number of rotatable bonds is 9. The van der Waals surface area contributed by atoms with E-state index in [-0.39, 0.29) is 23.8 Å². The third kappa shape index (κ3) is 9.17. The highest BCUT2D eigenvalue weighted by atomic mass is 16.6. The minimum absolute atomic E-state index is 0.0782. The van der Waals surface area contributed by atoms with Crippen molar-refractivity contribution in [3.8, 4) is 5.75 Å². The molecule has 0 saturated carbocycles. The molecule has 9 nitrogen and oxygen atoms in total. The molecule has 0 spiro atoms. The molecule has 252 valence electrons. The number of amides is 3. The number of carbonyl (C=O) groups is 3. The van der Waals surface area contributed by atoms with E-state index in [9.17, 15) is 14.4 Å². The van der Waals surface area contributed by atoms with Crippen molar-refractivity contribution in [2.24, 2.45) is 5.92 Å².